The second kappa shape index (κ2) is 12.5. The first-order chi connectivity index (χ1) is 8.37. The fraction of sp³-hybridized carbons (Fsp3) is 0.750. The van der Waals surface area contributed by atoms with E-state index in [1.165, 1.54) is 0 Å². The highest BCUT2D eigenvalue weighted by Crippen LogP contribution is 2.02. The number of rotatable bonds is 8. The van der Waals surface area contributed by atoms with Crippen LogP contribution >= 0.6 is 0 Å². The van der Waals surface area contributed by atoms with E-state index in [0.717, 1.165) is 6.08 Å². The molecule has 0 bridgehead atoms. The molecule has 108 valence electrons. The summed E-state index contributed by atoms with van der Waals surface area (Å²) in [6.07, 6.45) is 0.280. The van der Waals surface area contributed by atoms with Crippen molar-refractivity contribution in [1.29, 1.82) is 0 Å². The highest BCUT2D eigenvalue weighted by Gasteiger charge is 2.10. The van der Waals surface area contributed by atoms with Crippen molar-refractivity contribution < 1.29 is 29.6 Å². The standard InChI is InChI=1S/C9H20O4.C3H4O2/c1-4-8(10)12-6-7(3)13-9(11)5-2;1-2-3(4)5/h7-11H,4-6H2,1-3H3;2H,1H2,(H,4,5). The molecule has 3 atom stereocenters. The van der Waals surface area contributed by atoms with Crippen LogP contribution in [0.4, 0.5) is 0 Å². The Hall–Kier alpha value is -0.950. The van der Waals surface area contributed by atoms with Crippen molar-refractivity contribution in [2.75, 3.05) is 6.61 Å². The Bertz CT molecular complexity index is 219. The van der Waals surface area contributed by atoms with Gasteiger partial charge in [0.2, 0.25) is 0 Å². The van der Waals surface area contributed by atoms with Crippen LogP contribution in [-0.4, -0.2) is 46.6 Å². The molecular formula is C12H24O6. The number of carbonyl (C=O) groups is 1. The smallest absolute Gasteiger partial charge is 0.327 e. The van der Waals surface area contributed by atoms with Gasteiger partial charge in [-0.3, -0.25) is 0 Å². The number of hydrogen-bond acceptors (Lipinski definition) is 5. The minimum absolute atomic E-state index is 0.198. The lowest BCUT2D eigenvalue weighted by molar-refractivity contribution is -0.176. The Kier molecular flexibility index (Phi) is 13.5. The molecule has 0 saturated heterocycles. The predicted molar refractivity (Wildman–Crippen MR) is 66.9 cm³/mol. The number of carboxylic acid groups (broad SMARTS) is 1. The molecular weight excluding hydrogens is 240 g/mol. The molecule has 0 fully saturated rings. The van der Waals surface area contributed by atoms with Crippen molar-refractivity contribution in [3.63, 3.8) is 0 Å². The van der Waals surface area contributed by atoms with Gasteiger partial charge in [0, 0.05) is 6.08 Å². The average Bonchev–Trinajstić information content (AvgIpc) is 2.36. The molecule has 0 amide bonds. The first-order valence-electron chi connectivity index (χ1n) is 5.85. The summed E-state index contributed by atoms with van der Waals surface area (Å²) < 4.78 is 10.1. The molecule has 6 nitrogen and oxygen atoms in total. The van der Waals surface area contributed by atoms with Crippen molar-refractivity contribution in [1.82, 2.24) is 0 Å². The number of hydrogen-bond donors (Lipinski definition) is 3. The fourth-order valence-electron chi connectivity index (χ4n) is 0.768. The van der Waals surface area contributed by atoms with Crippen molar-refractivity contribution in [2.45, 2.75) is 52.3 Å². The summed E-state index contributed by atoms with van der Waals surface area (Å²) in [7, 11) is 0. The van der Waals surface area contributed by atoms with Gasteiger partial charge in [0.25, 0.3) is 0 Å². The lowest BCUT2D eigenvalue weighted by Gasteiger charge is -2.18. The zero-order chi connectivity index (χ0) is 14.6. The zero-order valence-electron chi connectivity index (χ0n) is 11.2. The second-order valence-electron chi connectivity index (χ2n) is 3.55. The Morgan fingerprint density at radius 3 is 2.06 bits per heavy atom. The molecule has 0 heterocycles. The summed E-state index contributed by atoms with van der Waals surface area (Å²) in [6, 6.07) is 0. The van der Waals surface area contributed by atoms with E-state index in [4.69, 9.17) is 24.8 Å². The second-order valence-corrected chi connectivity index (χ2v) is 3.55. The van der Waals surface area contributed by atoms with Crippen LogP contribution in [0.2, 0.25) is 0 Å². The maximum Gasteiger partial charge on any atom is 0.327 e. The SMILES string of the molecule is C=CC(=O)O.CCC(O)OCC(C)OC(O)CC. The topological polar surface area (TPSA) is 96.2 Å². The molecule has 0 aromatic heterocycles. The van der Waals surface area contributed by atoms with E-state index in [-0.39, 0.29) is 6.10 Å². The van der Waals surface area contributed by atoms with E-state index in [1.807, 2.05) is 13.8 Å². The summed E-state index contributed by atoms with van der Waals surface area (Å²) >= 11 is 0. The van der Waals surface area contributed by atoms with Gasteiger partial charge in [0.1, 0.15) is 0 Å². The van der Waals surface area contributed by atoms with Gasteiger partial charge in [-0.1, -0.05) is 20.4 Å². The lowest BCUT2D eigenvalue weighted by atomic mass is 10.4. The Morgan fingerprint density at radius 1 is 1.28 bits per heavy atom. The lowest BCUT2D eigenvalue weighted by Crippen LogP contribution is -2.25. The van der Waals surface area contributed by atoms with Gasteiger partial charge in [0.15, 0.2) is 12.6 Å². The monoisotopic (exact) mass is 264 g/mol. The summed E-state index contributed by atoms with van der Waals surface area (Å²) in [5.41, 5.74) is 0. The van der Waals surface area contributed by atoms with Crippen LogP contribution in [0.25, 0.3) is 0 Å². The number of aliphatic hydroxyl groups excluding tert-OH is 2. The van der Waals surface area contributed by atoms with Crippen LogP contribution in [-0.2, 0) is 14.3 Å². The van der Waals surface area contributed by atoms with Crippen LogP contribution in [0.3, 0.4) is 0 Å². The summed E-state index contributed by atoms with van der Waals surface area (Å²) in [5.74, 6) is -0.981. The summed E-state index contributed by atoms with van der Waals surface area (Å²) in [6.45, 7) is 8.71. The third-order valence-corrected chi connectivity index (χ3v) is 1.79. The van der Waals surface area contributed by atoms with Crippen LogP contribution in [0.5, 0.6) is 0 Å². The van der Waals surface area contributed by atoms with Gasteiger partial charge in [-0.05, 0) is 19.8 Å². The minimum atomic E-state index is -0.981. The highest BCUT2D eigenvalue weighted by atomic mass is 16.6. The zero-order valence-corrected chi connectivity index (χ0v) is 11.2. The maximum absolute atomic E-state index is 9.25. The van der Waals surface area contributed by atoms with Gasteiger partial charge < -0.3 is 24.8 Å². The third kappa shape index (κ3) is 15.0. The molecule has 0 aromatic carbocycles. The molecule has 0 radical (unpaired) electrons. The largest absolute Gasteiger partial charge is 0.478 e. The van der Waals surface area contributed by atoms with Gasteiger partial charge >= 0.3 is 5.97 Å². The quantitative estimate of drug-likeness (QED) is 0.449. The molecule has 18 heavy (non-hydrogen) atoms. The molecule has 6 heteroatoms. The molecule has 0 aromatic rings. The molecule has 0 saturated carbocycles. The Balaban J connectivity index is 0. The first-order valence-corrected chi connectivity index (χ1v) is 5.85. The van der Waals surface area contributed by atoms with Gasteiger partial charge in [-0.25, -0.2) is 4.79 Å². The molecule has 0 aliphatic rings. The fourth-order valence-corrected chi connectivity index (χ4v) is 0.768. The third-order valence-electron chi connectivity index (χ3n) is 1.79. The molecule has 0 aliphatic carbocycles. The van der Waals surface area contributed by atoms with Gasteiger partial charge in [-0.2, -0.15) is 0 Å². The molecule has 3 N–H and O–H groups in total. The van der Waals surface area contributed by atoms with E-state index in [9.17, 15) is 4.79 Å². The normalized spacial score (nSPS) is 14.9. The van der Waals surface area contributed by atoms with Crippen molar-refractivity contribution >= 4 is 5.97 Å². The van der Waals surface area contributed by atoms with Crippen LogP contribution in [0.1, 0.15) is 33.6 Å². The Morgan fingerprint density at radius 2 is 1.72 bits per heavy atom. The average molecular weight is 264 g/mol. The van der Waals surface area contributed by atoms with Crippen molar-refractivity contribution in [3.8, 4) is 0 Å². The highest BCUT2D eigenvalue weighted by molar-refractivity contribution is 5.78. The first kappa shape index (κ1) is 19.4. The van der Waals surface area contributed by atoms with Crippen molar-refractivity contribution in [2.24, 2.45) is 0 Å². The predicted octanol–water partition coefficient (Wildman–Crippen LogP) is 1.12. The van der Waals surface area contributed by atoms with E-state index < -0.39 is 18.5 Å². The van der Waals surface area contributed by atoms with Crippen molar-refractivity contribution in [3.05, 3.63) is 12.7 Å². The van der Waals surface area contributed by atoms with E-state index in [0.29, 0.717) is 19.4 Å². The van der Waals surface area contributed by atoms with Gasteiger partial charge in [-0.15, -0.1) is 0 Å². The number of ether oxygens (including phenoxy) is 2. The van der Waals surface area contributed by atoms with Gasteiger partial charge in [0.05, 0.1) is 12.7 Å². The molecule has 0 rings (SSSR count). The van der Waals surface area contributed by atoms with E-state index in [2.05, 4.69) is 6.58 Å². The number of carboxylic acids is 1. The molecule has 0 aliphatic heterocycles. The number of aliphatic hydroxyl groups is 2. The maximum atomic E-state index is 9.25. The van der Waals surface area contributed by atoms with E-state index >= 15 is 0 Å². The minimum Gasteiger partial charge on any atom is -0.478 e. The Labute approximate surface area is 108 Å². The summed E-state index contributed by atoms with van der Waals surface area (Å²) in [5, 5.41) is 25.8. The molecule has 0 spiro atoms. The van der Waals surface area contributed by atoms with Crippen LogP contribution < -0.4 is 0 Å². The van der Waals surface area contributed by atoms with Crippen LogP contribution in [0.15, 0.2) is 12.7 Å². The number of aliphatic carboxylic acids is 1. The summed E-state index contributed by atoms with van der Waals surface area (Å²) in [4.78, 5) is 9.25. The van der Waals surface area contributed by atoms with E-state index in [1.54, 1.807) is 6.92 Å². The van der Waals surface area contributed by atoms with Crippen LogP contribution in [0, 0.1) is 0 Å². The molecule has 3 unspecified atom stereocenters.